The van der Waals surface area contributed by atoms with Crippen molar-refractivity contribution >= 4 is 17.2 Å². The Morgan fingerprint density at radius 1 is 1.00 bits per heavy atom. The maximum absolute atomic E-state index is 10.7. The molecule has 7 heteroatoms. The fraction of sp³-hybridized carbons (Fsp3) is 0.267. The second-order valence-corrected chi connectivity index (χ2v) is 5.18. The summed E-state index contributed by atoms with van der Waals surface area (Å²) in [4.78, 5) is 17.6. The molecule has 1 aliphatic heterocycles. The lowest BCUT2D eigenvalue weighted by Crippen LogP contribution is -2.48. The molecule has 2 N–H and O–H groups in total. The van der Waals surface area contributed by atoms with Crippen LogP contribution in [0.5, 0.6) is 5.75 Å². The molecule has 0 spiro atoms. The average molecular weight is 301 g/mol. The molecular formula is C15H17N4O3+. The minimum atomic E-state index is -0.414. The Hall–Kier alpha value is -2.83. The maximum Gasteiger partial charge on any atom is 0.308 e. The first-order valence-corrected chi connectivity index (χ1v) is 7.08. The molecule has 2 aromatic rings. The van der Waals surface area contributed by atoms with Crippen molar-refractivity contribution in [3.63, 3.8) is 0 Å². The van der Waals surface area contributed by atoms with Crippen LogP contribution < -0.4 is 14.8 Å². The van der Waals surface area contributed by atoms with Gasteiger partial charge in [0.15, 0.2) is 6.20 Å². The van der Waals surface area contributed by atoms with E-state index in [1.807, 2.05) is 12.1 Å². The molecule has 0 saturated carbocycles. The van der Waals surface area contributed by atoms with Gasteiger partial charge in [0.05, 0.1) is 18.0 Å². The number of hydrogen-bond donors (Lipinski definition) is 1. The number of hydrogen-bond acceptors (Lipinski definition) is 5. The summed E-state index contributed by atoms with van der Waals surface area (Å²) in [7, 11) is 0. The molecule has 0 aliphatic carbocycles. The molecule has 2 heterocycles. The topological polar surface area (TPSA) is 84.0 Å². The second-order valence-electron chi connectivity index (χ2n) is 5.18. The Balaban J connectivity index is 1.63. The first kappa shape index (κ1) is 14.1. The summed E-state index contributed by atoms with van der Waals surface area (Å²) in [6, 6.07) is 10.4. The van der Waals surface area contributed by atoms with E-state index < -0.39 is 4.92 Å². The summed E-state index contributed by atoms with van der Waals surface area (Å²) in [5.41, 5.74) is 1.15. The van der Waals surface area contributed by atoms with Gasteiger partial charge in [0.25, 0.3) is 5.82 Å². The van der Waals surface area contributed by atoms with E-state index in [9.17, 15) is 15.2 Å². The molecule has 7 nitrogen and oxygen atoms in total. The predicted molar refractivity (Wildman–Crippen MR) is 82.2 cm³/mol. The van der Waals surface area contributed by atoms with Gasteiger partial charge < -0.3 is 10.0 Å². The lowest BCUT2D eigenvalue weighted by molar-refractivity contribution is -0.414. The van der Waals surface area contributed by atoms with Gasteiger partial charge in [0, 0.05) is 17.8 Å². The summed E-state index contributed by atoms with van der Waals surface area (Å²) in [6.07, 6.45) is 1.42. The molecule has 1 fully saturated rings. The number of piperazine rings is 1. The summed E-state index contributed by atoms with van der Waals surface area (Å²) >= 11 is 0. The van der Waals surface area contributed by atoms with Crippen molar-refractivity contribution in [2.24, 2.45) is 0 Å². The van der Waals surface area contributed by atoms with Gasteiger partial charge >= 0.3 is 5.69 Å². The first-order chi connectivity index (χ1) is 10.6. The number of aromatic amines is 1. The van der Waals surface area contributed by atoms with E-state index in [2.05, 4.69) is 14.8 Å². The van der Waals surface area contributed by atoms with Crippen molar-refractivity contribution in [2.75, 3.05) is 36.0 Å². The van der Waals surface area contributed by atoms with Crippen LogP contribution in [0.25, 0.3) is 0 Å². The number of aromatic nitrogens is 1. The second kappa shape index (κ2) is 5.88. The minimum Gasteiger partial charge on any atom is -0.508 e. The van der Waals surface area contributed by atoms with Crippen molar-refractivity contribution < 1.29 is 15.0 Å². The smallest absolute Gasteiger partial charge is 0.308 e. The summed E-state index contributed by atoms with van der Waals surface area (Å²) < 4.78 is 0. The van der Waals surface area contributed by atoms with E-state index in [0.29, 0.717) is 0 Å². The zero-order valence-corrected chi connectivity index (χ0v) is 12.0. The van der Waals surface area contributed by atoms with Crippen molar-refractivity contribution in [3.05, 3.63) is 52.7 Å². The number of phenols is 1. The zero-order chi connectivity index (χ0) is 15.5. The first-order valence-electron chi connectivity index (χ1n) is 7.08. The molecule has 0 unspecified atom stereocenters. The fourth-order valence-corrected chi connectivity index (χ4v) is 2.59. The van der Waals surface area contributed by atoms with Gasteiger partial charge in [0.2, 0.25) is 0 Å². The number of nitro groups is 1. The van der Waals surface area contributed by atoms with E-state index >= 15 is 0 Å². The normalized spacial score (nSPS) is 14.9. The summed E-state index contributed by atoms with van der Waals surface area (Å²) in [5.74, 6) is 1.15. The van der Waals surface area contributed by atoms with Crippen LogP contribution in [0.1, 0.15) is 0 Å². The highest BCUT2D eigenvalue weighted by Gasteiger charge is 2.24. The number of rotatable bonds is 3. The number of benzene rings is 1. The van der Waals surface area contributed by atoms with E-state index in [4.69, 9.17) is 0 Å². The number of nitrogens with zero attached hydrogens (tertiary/aromatic N) is 3. The molecule has 1 aliphatic rings. The highest BCUT2D eigenvalue weighted by molar-refractivity contribution is 5.50. The largest absolute Gasteiger partial charge is 0.508 e. The Morgan fingerprint density at radius 3 is 2.18 bits per heavy atom. The van der Waals surface area contributed by atoms with Crippen LogP contribution in [0.3, 0.4) is 0 Å². The fourth-order valence-electron chi connectivity index (χ4n) is 2.59. The quantitative estimate of drug-likeness (QED) is 0.685. The Bertz CT molecular complexity index is 649. The van der Waals surface area contributed by atoms with Crippen LogP contribution in [0.4, 0.5) is 17.2 Å². The van der Waals surface area contributed by atoms with Crippen molar-refractivity contribution in [1.29, 1.82) is 0 Å². The summed E-state index contributed by atoms with van der Waals surface area (Å²) in [5, 5.41) is 20.0. The van der Waals surface area contributed by atoms with Crippen LogP contribution in [-0.2, 0) is 0 Å². The molecule has 114 valence electrons. The van der Waals surface area contributed by atoms with E-state index in [-0.39, 0.29) is 11.4 Å². The number of aromatic hydroxyl groups is 1. The molecular weight excluding hydrogens is 284 g/mol. The molecule has 22 heavy (non-hydrogen) atoms. The van der Waals surface area contributed by atoms with Gasteiger partial charge in [-0.05, 0) is 24.3 Å². The SMILES string of the molecule is O=[N+]([O-])c1ccc(N2CCN(c3ccc(O)cc3)CC2)[nH+]c1. The van der Waals surface area contributed by atoms with Gasteiger partial charge in [-0.2, -0.15) is 0 Å². The molecule has 1 aromatic carbocycles. The number of pyridine rings is 1. The number of nitrogens with one attached hydrogen (secondary N) is 1. The molecule has 1 aromatic heterocycles. The molecule has 1 saturated heterocycles. The third kappa shape index (κ3) is 2.93. The molecule has 3 rings (SSSR count). The molecule has 0 radical (unpaired) electrons. The number of anilines is 2. The van der Waals surface area contributed by atoms with Gasteiger partial charge in [-0.25, -0.2) is 4.98 Å². The van der Waals surface area contributed by atoms with Crippen LogP contribution in [0.15, 0.2) is 42.6 Å². The standard InChI is InChI=1S/C15H16N4O3/c20-14-4-1-12(2-5-14)17-7-9-18(10-8-17)15-6-3-13(11-16-15)19(21)22/h1-6,11,20H,7-10H2/p+1. The Kier molecular flexibility index (Phi) is 3.78. The third-order valence-electron chi connectivity index (χ3n) is 3.83. The zero-order valence-electron chi connectivity index (χ0n) is 12.0. The molecule has 0 atom stereocenters. The third-order valence-corrected chi connectivity index (χ3v) is 3.83. The lowest BCUT2D eigenvalue weighted by Gasteiger charge is -2.32. The van der Waals surface area contributed by atoms with E-state index in [1.165, 1.54) is 12.3 Å². The molecule has 0 bridgehead atoms. The predicted octanol–water partition coefficient (Wildman–Crippen LogP) is 1.44. The highest BCUT2D eigenvalue weighted by Crippen LogP contribution is 2.21. The van der Waals surface area contributed by atoms with Gasteiger partial charge in [-0.3, -0.25) is 15.0 Å². The van der Waals surface area contributed by atoms with Gasteiger partial charge in [-0.15, -0.1) is 0 Å². The highest BCUT2D eigenvalue weighted by atomic mass is 16.6. The molecule has 0 amide bonds. The van der Waals surface area contributed by atoms with Crippen LogP contribution in [-0.4, -0.2) is 36.2 Å². The van der Waals surface area contributed by atoms with E-state index in [0.717, 1.165) is 37.7 Å². The van der Waals surface area contributed by atoms with Crippen molar-refractivity contribution in [3.8, 4) is 5.75 Å². The van der Waals surface area contributed by atoms with Crippen LogP contribution >= 0.6 is 0 Å². The van der Waals surface area contributed by atoms with Gasteiger partial charge in [0.1, 0.15) is 18.8 Å². The Morgan fingerprint density at radius 2 is 1.64 bits per heavy atom. The van der Waals surface area contributed by atoms with Gasteiger partial charge in [-0.1, -0.05) is 0 Å². The van der Waals surface area contributed by atoms with Crippen LogP contribution in [0.2, 0.25) is 0 Å². The monoisotopic (exact) mass is 301 g/mol. The van der Waals surface area contributed by atoms with Crippen LogP contribution in [0, 0.1) is 10.1 Å². The lowest BCUT2D eigenvalue weighted by atomic mass is 10.2. The average Bonchev–Trinajstić information content (AvgIpc) is 2.56. The number of H-pyrrole nitrogens is 1. The van der Waals surface area contributed by atoms with Crippen molar-refractivity contribution in [1.82, 2.24) is 0 Å². The minimum absolute atomic E-state index is 0.0616. The Labute approximate surface area is 127 Å². The van der Waals surface area contributed by atoms with Crippen molar-refractivity contribution in [2.45, 2.75) is 0 Å². The van der Waals surface area contributed by atoms with E-state index in [1.54, 1.807) is 18.2 Å². The number of phenolic OH excluding ortho intramolecular Hbond substituents is 1. The summed E-state index contributed by atoms with van der Waals surface area (Å²) in [6.45, 7) is 3.37. The maximum atomic E-state index is 10.7.